The fraction of sp³-hybridized carbons (Fsp3) is 0.417. The summed E-state index contributed by atoms with van der Waals surface area (Å²) in [6.45, 7) is 5.48. The van der Waals surface area contributed by atoms with Crippen molar-refractivity contribution in [2.75, 3.05) is 11.4 Å². The zero-order valence-electron chi connectivity index (χ0n) is 10.7. The van der Waals surface area contributed by atoms with Crippen LogP contribution in [0.2, 0.25) is 0 Å². The molecule has 0 saturated carbocycles. The Morgan fingerprint density at radius 2 is 2.00 bits per heavy atom. The Labute approximate surface area is 115 Å². The predicted molar refractivity (Wildman–Crippen MR) is 70.5 cm³/mol. The third-order valence-electron chi connectivity index (χ3n) is 3.27. The van der Waals surface area contributed by atoms with Gasteiger partial charge >= 0.3 is 0 Å². The summed E-state index contributed by atoms with van der Waals surface area (Å²) in [6, 6.07) is 2.27. The molecule has 0 spiro atoms. The second kappa shape index (κ2) is 4.18. The van der Waals surface area contributed by atoms with Crippen LogP contribution >= 0.6 is 10.7 Å². The van der Waals surface area contributed by atoms with Crippen molar-refractivity contribution in [3.63, 3.8) is 0 Å². The molecule has 1 aliphatic heterocycles. The highest BCUT2D eigenvalue weighted by Gasteiger charge is 2.38. The van der Waals surface area contributed by atoms with Gasteiger partial charge in [0, 0.05) is 35.3 Å². The first-order valence-corrected chi connectivity index (χ1v) is 7.92. The number of anilines is 1. The zero-order valence-corrected chi connectivity index (χ0v) is 12.3. The molecular formula is C12H13ClFNO3S. The van der Waals surface area contributed by atoms with Crippen molar-refractivity contribution in [3.05, 3.63) is 23.5 Å². The van der Waals surface area contributed by atoms with Crippen LogP contribution in [0.3, 0.4) is 0 Å². The number of rotatable bonds is 1. The van der Waals surface area contributed by atoms with Crippen LogP contribution in [-0.4, -0.2) is 20.9 Å². The van der Waals surface area contributed by atoms with Crippen molar-refractivity contribution in [1.29, 1.82) is 0 Å². The molecule has 0 bridgehead atoms. The second-order valence-corrected chi connectivity index (χ2v) is 7.76. The number of fused-ring (bicyclic) bond motifs is 1. The van der Waals surface area contributed by atoms with Gasteiger partial charge in [0.15, 0.2) is 0 Å². The van der Waals surface area contributed by atoms with E-state index in [1.165, 1.54) is 11.8 Å². The minimum absolute atomic E-state index is 0.226. The maximum atomic E-state index is 13.8. The van der Waals surface area contributed by atoms with E-state index >= 15 is 0 Å². The van der Waals surface area contributed by atoms with E-state index in [1.807, 2.05) is 13.8 Å². The van der Waals surface area contributed by atoms with Crippen LogP contribution < -0.4 is 4.90 Å². The van der Waals surface area contributed by atoms with E-state index in [4.69, 9.17) is 10.7 Å². The summed E-state index contributed by atoms with van der Waals surface area (Å²) in [5, 5.41) is 0. The molecular weight excluding hydrogens is 293 g/mol. The van der Waals surface area contributed by atoms with Gasteiger partial charge in [-0.25, -0.2) is 12.8 Å². The molecule has 2 rings (SSSR count). The molecule has 0 N–H and O–H groups in total. The molecule has 0 radical (unpaired) electrons. The lowest BCUT2D eigenvalue weighted by Gasteiger charge is -2.19. The SMILES string of the molecule is CC(=O)N1CC(C)(C)c2cc(F)c(S(=O)(=O)Cl)cc21. The summed E-state index contributed by atoms with van der Waals surface area (Å²) in [5.41, 5.74) is 0.568. The molecule has 1 aliphatic rings. The first kappa shape index (κ1) is 14.3. The topological polar surface area (TPSA) is 54.5 Å². The van der Waals surface area contributed by atoms with Crippen molar-refractivity contribution in [2.45, 2.75) is 31.1 Å². The van der Waals surface area contributed by atoms with Crippen LogP contribution in [0.15, 0.2) is 17.0 Å². The fourth-order valence-electron chi connectivity index (χ4n) is 2.34. The Bertz CT molecular complexity index is 670. The molecule has 1 aromatic rings. The third kappa shape index (κ3) is 2.34. The Hall–Kier alpha value is -1.14. The number of nitrogens with zero attached hydrogens (tertiary/aromatic N) is 1. The Morgan fingerprint density at radius 3 is 2.47 bits per heavy atom. The van der Waals surface area contributed by atoms with Crippen LogP contribution in [0.5, 0.6) is 0 Å². The van der Waals surface area contributed by atoms with Crippen molar-refractivity contribution in [3.8, 4) is 0 Å². The molecule has 1 amide bonds. The zero-order chi connectivity index (χ0) is 14.6. The highest BCUT2D eigenvalue weighted by atomic mass is 35.7. The molecule has 7 heteroatoms. The van der Waals surface area contributed by atoms with Crippen molar-refractivity contribution < 1.29 is 17.6 Å². The summed E-state index contributed by atoms with van der Waals surface area (Å²) in [5.74, 6) is -1.12. The van der Waals surface area contributed by atoms with E-state index < -0.39 is 25.2 Å². The third-order valence-corrected chi connectivity index (χ3v) is 4.60. The molecule has 19 heavy (non-hydrogen) atoms. The van der Waals surface area contributed by atoms with Crippen LogP contribution in [0.4, 0.5) is 10.1 Å². The summed E-state index contributed by atoms with van der Waals surface area (Å²) in [6.07, 6.45) is 0. The normalized spacial score (nSPS) is 17.4. The van der Waals surface area contributed by atoms with Gasteiger partial charge in [0.05, 0.1) is 0 Å². The lowest BCUT2D eigenvalue weighted by atomic mass is 9.87. The Balaban J connectivity index is 2.74. The quantitative estimate of drug-likeness (QED) is 0.749. The van der Waals surface area contributed by atoms with E-state index in [-0.39, 0.29) is 5.91 Å². The molecule has 4 nitrogen and oxygen atoms in total. The fourth-order valence-corrected chi connectivity index (χ4v) is 3.24. The summed E-state index contributed by atoms with van der Waals surface area (Å²) >= 11 is 0. The molecule has 1 heterocycles. The number of hydrogen-bond donors (Lipinski definition) is 0. The van der Waals surface area contributed by atoms with Gasteiger partial charge in [-0.05, 0) is 17.7 Å². The largest absolute Gasteiger partial charge is 0.311 e. The van der Waals surface area contributed by atoms with Gasteiger partial charge in [0.25, 0.3) is 9.05 Å². The van der Waals surface area contributed by atoms with Gasteiger partial charge in [0.1, 0.15) is 10.7 Å². The molecule has 104 valence electrons. The van der Waals surface area contributed by atoms with Gasteiger partial charge in [0.2, 0.25) is 5.91 Å². The van der Waals surface area contributed by atoms with Crippen LogP contribution in [0, 0.1) is 5.82 Å². The average Bonchev–Trinajstić information content (AvgIpc) is 2.48. The molecule has 0 aromatic heterocycles. The molecule has 0 fully saturated rings. The predicted octanol–water partition coefficient (Wildman–Crippen LogP) is 2.40. The smallest absolute Gasteiger partial charge is 0.264 e. The molecule has 0 unspecified atom stereocenters. The number of carbonyl (C=O) groups excluding carboxylic acids is 1. The van der Waals surface area contributed by atoms with Gasteiger partial charge in [-0.15, -0.1) is 0 Å². The molecule has 0 atom stereocenters. The van der Waals surface area contributed by atoms with Crippen LogP contribution in [0.25, 0.3) is 0 Å². The molecule has 0 aliphatic carbocycles. The van der Waals surface area contributed by atoms with Gasteiger partial charge in [-0.2, -0.15) is 0 Å². The van der Waals surface area contributed by atoms with E-state index in [2.05, 4.69) is 0 Å². The number of benzene rings is 1. The minimum atomic E-state index is -4.18. The molecule has 1 aromatic carbocycles. The Morgan fingerprint density at radius 1 is 1.42 bits per heavy atom. The second-order valence-electron chi connectivity index (χ2n) is 5.23. The first-order chi connectivity index (χ1) is 8.54. The monoisotopic (exact) mass is 305 g/mol. The minimum Gasteiger partial charge on any atom is -0.311 e. The van der Waals surface area contributed by atoms with Crippen LogP contribution in [0.1, 0.15) is 26.3 Å². The van der Waals surface area contributed by atoms with E-state index in [1.54, 1.807) is 0 Å². The highest BCUT2D eigenvalue weighted by molar-refractivity contribution is 8.13. The highest BCUT2D eigenvalue weighted by Crippen LogP contribution is 2.42. The lowest BCUT2D eigenvalue weighted by molar-refractivity contribution is -0.116. The number of hydrogen-bond acceptors (Lipinski definition) is 3. The number of amides is 1. The van der Waals surface area contributed by atoms with Crippen molar-refractivity contribution in [1.82, 2.24) is 0 Å². The summed E-state index contributed by atoms with van der Waals surface area (Å²) in [7, 11) is 1.01. The maximum absolute atomic E-state index is 13.8. The van der Waals surface area contributed by atoms with E-state index in [0.29, 0.717) is 17.8 Å². The molecule has 0 saturated heterocycles. The van der Waals surface area contributed by atoms with Crippen LogP contribution in [-0.2, 0) is 19.3 Å². The Kier molecular flexibility index (Phi) is 3.14. The summed E-state index contributed by atoms with van der Waals surface area (Å²) in [4.78, 5) is 12.4. The van der Waals surface area contributed by atoms with Gasteiger partial charge < -0.3 is 4.90 Å². The van der Waals surface area contributed by atoms with E-state index in [9.17, 15) is 17.6 Å². The standard InChI is InChI=1S/C12H13ClFNO3S/c1-7(16)15-6-12(2,3)8-4-9(14)11(5-10(8)15)19(13,17)18/h4-5H,6H2,1-3H3. The average molecular weight is 306 g/mol. The number of carbonyl (C=O) groups is 1. The number of halogens is 2. The summed E-state index contributed by atoms with van der Waals surface area (Å²) < 4.78 is 36.5. The maximum Gasteiger partial charge on any atom is 0.264 e. The van der Waals surface area contributed by atoms with Crippen molar-refractivity contribution >= 4 is 31.3 Å². The van der Waals surface area contributed by atoms with Gasteiger partial charge in [-0.1, -0.05) is 13.8 Å². The van der Waals surface area contributed by atoms with E-state index in [0.717, 1.165) is 12.1 Å². The first-order valence-electron chi connectivity index (χ1n) is 5.61. The van der Waals surface area contributed by atoms with Crippen molar-refractivity contribution in [2.24, 2.45) is 0 Å². The van der Waals surface area contributed by atoms with Gasteiger partial charge in [-0.3, -0.25) is 4.79 Å². The lowest BCUT2D eigenvalue weighted by Crippen LogP contribution is -2.32.